The van der Waals surface area contributed by atoms with E-state index >= 15 is 0 Å². The summed E-state index contributed by atoms with van der Waals surface area (Å²) in [4.78, 5) is 6.15. The van der Waals surface area contributed by atoms with Crippen molar-refractivity contribution in [3.8, 4) is 21.7 Å². The number of aromatic nitrogens is 1. The van der Waals surface area contributed by atoms with Gasteiger partial charge in [-0.15, -0.1) is 11.3 Å². The highest BCUT2D eigenvalue weighted by molar-refractivity contribution is 7.22. The number of fused-ring (bicyclic) bond motifs is 1. The molecule has 1 nitrogen and oxygen atoms in total. The first-order valence-electron chi connectivity index (χ1n) is 10.2. The van der Waals surface area contributed by atoms with Crippen molar-refractivity contribution in [2.24, 2.45) is 0 Å². The summed E-state index contributed by atoms with van der Waals surface area (Å²) in [6.45, 7) is 15.6. The lowest BCUT2D eigenvalue weighted by Gasteiger charge is -2.20. The Balaban J connectivity index is 1.82. The number of hydrogen-bond acceptors (Lipinski definition) is 2. The Kier molecular flexibility index (Phi) is 4.86. The van der Waals surface area contributed by atoms with Crippen molar-refractivity contribution in [2.45, 2.75) is 53.9 Å². The fourth-order valence-electron chi connectivity index (χ4n) is 4.16. The van der Waals surface area contributed by atoms with Gasteiger partial charge in [0.25, 0.3) is 0 Å². The zero-order chi connectivity index (χ0) is 20.9. The molecule has 0 fully saturated rings. The molecule has 4 rings (SSSR count). The molecule has 0 N–H and O–H groups in total. The van der Waals surface area contributed by atoms with E-state index in [4.69, 9.17) is 4.98 Å². The Hall–Kier alpha value is -2.45. The van der Waals surface area contributed by atoms with E-state index in [-0.39, 0.29) is 5.41 Å². The van der Waals surface area contributed by atoms with E-state index in [1.54, 1.807) is 0 Å². The lowest BCUT2D eigenvalue weighted by molar-refractivity contribution is 0.590. The van der Waals surface area contributed by atoms with Gasteiger partial charge in [-0.25, -0.2) is 0 Å². The summed E-state index contributed by atoms with van der Waals surface area (Å²) in [5, 5.41) is 1.27. The van der Waals surface area contributed by atoms with E-state index in [1.807, 2.05) is 17.5 Å². The van der Waals surface area contributed by atoms with Gasteiger partial charge in [0.15, 0.2) is 0 Å². The van der Waals surface area contributed by atoms with Gasteiger partial charge < -0.3 is 0 Å². The van der Waals surface area contributed by atoms with Crippen LogP contribution in [0.4, 0.5) is 0 Å². The second kappa shape index (κ2) is 7.11. The molecule has 148 valence electrons. The maximum absolute atomic E-state index is 4.82. The number of thiophene rings is 1. The van der Waals surface area contributed by atoms with Crippen molar-refractivity contribution >= 4 is 21.4 Å². The van der Waals surface area contributed by atoms with Crippen LogP contribution in [0, 0.1) is 27.7 Å². The molecule has 0 aliphatic heterocycles. The molecule has 0 radical (unpaired) electrons. The highest BCUT2D eigenvalue weighted by Crippen LogP contribution is 2.38. The summed E-state index contributed by atoms with van der Waals surface area (Å²) < 4.78 is 1.24. The fourth-order valence-corrected chi connectivity index (χ4v) is 5.35. The number of rotatable bonds is 2. The van der Waals surface area contributed by atoms with E-state index in [1.165, 1.54) is 53.9 Å². The van der Waals surface area contributed by atoms with Crippen LogP contribution in [0.1, 0.15) is 48.6 Å². The van der Waals surface area contributed by atoms with Crippen LogP contribution in [0.3, 0.4) is 0 Å². The zero-order valence-electron chi connectivity index (χ0n) is 18.5. The molecule has 0 saturated heterocycles. The Bertz CT molecular complexity index is 1200. The van der Waals surface area contributed by atoms with Gasteiger partial charge in [0.1, 0.15) is 0 Å². The Labute approximate surface area is 178 Å². The first kappa shape index (κ1) is 19.8. The molecule has 0 unspecified atom stereocenters. The quantitative estimate of drug-likeness (QED) is 0.331. The van der Waals surface area contributed by atoms with Crippen LogP contribution in [-0.4, -0.2) is 4.98 Å². The lowest BCUT2D eigenvalue weighted by atomic mass is 9.85. The average Bonchev–Trinajstić information content (AvgIpc) is 3.02. The summed E-state index contributed by atoms with van der Waals surface area (Å²) in [7, 11) is 0. The van der Waals surface area contributed by atoms with Gasteiger partial charge in [-0.2, -0.15) is 0 Å². The molecule has 0 aliphatic carbocycles. The minimum atomic E-state index is 0.126. The molecule has 2 aromatic heterocycles. The van der Waals surface area contributed by atoms with Gasteiger partial charge in [0, 0.05) is 16.6 Å². The van der Waals surface area contributed by atoms with Gasteiger partial charge in [-0.3, -0.25) is 4.98 Å². The van der Waals surface area contributed by atoms with Crippen LogP contribution in [0.25, 0.3) is 31.8 Å². The molecule has 0 amide bonds. The fraction of sp³-hybridized carbons (Fsp3) is 0.296. The van der Waals surface area contributed by atoms with Crippen LogP contribution in [-0.2, 0) is 5.41 Å². The second-order valence-electron chi connectivity index (χ2n) is 9.33. The smallest absolute Gasteiger partial charge is 0.0709 e. The summed E-state index contributed by atoms with van der Waals surface area (Å²) in [6.07, 6.45) is 2.04. The van der Waals surface area contributed by atoms with Crippen LogP contribution in [0.2, 0.25) is 0 Å². The minimum Gasteiger partial charge on any atom is -0.255 e. The van der Waals surface area contributed by atoms with Crippen LogP contribution < -0.4 is 0 Å². The molecular formula is C27H29NS. The number of pyridine rings is 1. The third-order valence-electron chi connectivity index (χ3n) is 5.57. The van der Waals surface area contributed by atoms with Gasteiger partial charge in [-0.05, 0) is 85.0 Å². The summed E-state index contributed by atoms with van der Waals surface area (Å²) in [5.74, 6) is 0. The van der Waals surface area contributed by atoms with E-state index in [0.29, 0.717) is 0 Å². The zero-order valence-corrected chi connectivity index (χ0v) is 19.3. The molecule has 0 spiro atoms. The topological polar surface area (TPSA) is 12.9 Å². The van der Waals surface area contributed by atoms with Gasteiger partial charge in [0.05, 0.1) is 10.4 Å². The van der Waals surface area contributed by atoms with Crippen molar-refractivity contribution in [2.75, 3.05) is 0 Å². The third-order valence-corrected chi connectivity index (χ3v) is 6.67. The Morgan fingerprint density at radius 2 is 1.41 bits per heavy atom. The standard InChI is InChI=1S/C27H29NS/c1-16-8-18(3)26(19(4)9-16)24-14-21-13-23(28-15-25(21)29-24)20-10-17(2)11-22(12-20)27(5,6)7/h8-15H,1-7H3. The monoisotopic (exact) mass is 399 g/mol. The van der Waals surface area contributed by atoms with Crippen molar-refractivity contribution in [3.63, 3.8) is 0 Å². The predicted octanol–water partition coefficient (Wildman–Crippen LogP) is 8.16. The predicted molar refractivity (Wildman–Crippen MR) is 128 cm³/mol. The molecule has 0 atom stereocenters. The molecule has 4 aromatic rings. The van der Waals surface area contributed by atoms with Crippen molar-refractivity contribution < 1.29 is 0 Å². The highest BCUT2D eigenvalue weighted by atomic mass is 32.1. The largest absolute Gasteiger partial charge is 0.255 e. The van der Waals surface area contributed by atoms with Crippen molar-refractivity contribution in [1.82, 2.24) is 4.98 Å². The molecule has 2 aromatic carbocycles. The lowest BCUT2D eigenvalue weighted by Crippen LogP contribution is -2.11. The van der Waals surface area contributed by atoms with Crippen LogP contribution in [0.15, 0.2) is 48.7 Å². The maximum Gasteiger partial charge on any atom is 0.0709 e. The van der Waals surface area contributed by atoms with Crippen molar-refractivity contribution in [1.29, 1.82) is 0 Å². The highest BCUT2D eigenvalue weighted by Gasteiger charge is 2.16. The average molecular weight is 400 g/mol. The molecule has 2 heterocycles. The van der Waals surface area contributed by atoms with Crippen LogP contribution >= 0.6 is 11.3 Å². The Morgan fingerprint density at radius 1 is 0.759 bits per heavy atom. The second-order valence-corrected chi connectivity index (χ2v) is 10.4. The van der Waals surface area contributed by atoms with E-state index in [0.717, 1.165) is 5.69 Å². The van der Waals surface area contributed by atoms with E-state index in [9.17, 15) is 0 Å². The number of benzene rings is 2. The normalized spacial score (nSPS) is 12.0. The third kappa shape index (κ3) is 3.86. The van der Waals surface area contributed by atoms with Gasteiger partial charge >= 0.3 is 0 Å². The number of aryl methyl sites for hydroxylation is 4. The summed E-state index contributed by atoms with van der Waals surface area (Å²) in [5.41, 5.74) is 10.4. The maximum atomic E-state index is 4.82. The molecule has 0 bridgehead atoms. The molecule has 0 aliphatic rings. The first-order valence-corrected chi connectivity index (χ1v) is 11.0. The summed E-state index contributed by atoms with van der Waals surface area (Å²) in [6, 6.07) is 15.9. The van der Waals surface area contributed by atoms with E-state index < -0.39 is 0 Å². The molecule has 29 heavy (non-hydrogen) atoms. The van der Waals surface area contributed by atoms with Gasteiger partial charge in [-0.1, -0.05) is 50.1 Å². The first-order chi connectivity index (χ1) is 13.6. The van der Waals surface area contributed by atoms with Crippen molar-refractivity contribution in [3.05, 3.63) is 76.5 Å². The minimum absolute atomic E-state index is 0.126. The summed E-state index contributed by atoms with van der Waals surface area (Å²) >= 11 is 1.84. The molecular weight excluding hydrogens is 370 g/mol. The number of hydrogen-bond donors (Lipinski definition) is 0. The number of nitrogens with zero attached hydrogens (tertiary/aromatic N) is 1. The molecule has 0 saturated carbocycles. The SMILES string of the molecule is Cc1cc(-c2cc3cc(-c4c(C)cc(C)cc4C)sc3cn2)cc(C(C)(C)C)c1. The van der Waals surface area contributed by atoms with Gasteiger partial charge in [0.2, 0.25) is 0 Å². The Morgan fingerprint density at radius 3 is 2.07 bits per heavy atom. The molecule has 2 heteroatoms. The van der Waals surface area contributed by atoms with E-state index in [2.05, 4.69) is 90.9 Å². The van der Waals surface area contributed by atoms with Crippen LogP contribution in [0.5, 0.6) is 0 Å².